The van der Waals surface area contributed by atoms with Crippen molar-refractivity contribution in [3.63, 3.8) is 0 Å². The van der Waals surface area contributed by atoms with E-state index in [0.717, 1.165) is 43.7 Å². The Bertz CT molecular complexity index is 1320. The monoisotopic (exact) mass is 549 g/mol. The highest BCUT2D eigenvalue weighted by Crippen LogP contribution is 2.34. The van der Waals surface area contributed by atoms with Crippen molar-refractivity contribution in [1.82, 2.24) is 14.5 Å². The van der Waals surface area contributed by atoms with Gasteiger partial charge in [0.15, 0.2) is 16.7 Å². The van der Waals surface area contributed by atoms with Gasteiger partial charge in [-0.3, -0.25) is 4.79 Å². The van der Waals surface area contributed by atoms with Crippen LogP contribution in [-0.4, -0.2) is 39.9 Å². The highest BCUT2D eigenvalue weighted by molar-refractivity contribution is 8.14. The zero-order chi connectivity index (χ0) is 27.7. The van der Waals surface area contributed by atoms with Crippen molar-refractivity contribution in [2.45, 2.75) is 63.8 Å². The topological polar surface area (TPSA) is 66.2 Å². The summed E-state index contributed by atoms with van der Waals surface area (Å²) in [7, 11) is 2.43. The van der Waals surface area contributed by atoms with E-state index in [-0.39, 0.29) is 23.0 Å². The minimum atomic E-state index is -4.62. The molecule has 0 saturated heterocycles. The molecule has 1 aromatic carbocycles. The summed E-state index contributed by atoms with van der Waals surface area (Å²) in [6, 6.07) is 9.07. The third kappa shape index (κ3) is 7.69. The molecule has 0 amide bonds. The number of benzene rings is 1. The Kier molecular flexibility index (Phi) is 10.5. The summed E-state index contributed by atoms with van der Waals surface area (Å²) < 4.78 is 53.5. The van der Waals surface area contributed by atoms with Crippen molar-refractivity contribution in [2.24, 2.45) is 0 Å². The Labute approximate surface area is 223 Å². The molecule has 0 aliphatic carbocycles. The Hall–Kier alpha value is -3.14. The average Bonchev–Trinajstić information content (AvgIpc) is 2.91. The SMILES string of the molecule is C/C=S(/CCCCCCC)c1nc(-c2ccc(=O)n(Cc3ccc(OC)c(OC)c3)c2)cc(C(F)(F)F)n1. The molecular weight excluding hydrogens is 515 g/mol. The molecule has 0 fully saturated rings. The quantitative estimate of drug-likeness (QED) is 0.141. The predicted octanol–water partition coefficient (Wildman–Crippen LogP) is 6.81. The van der Waals surface area contributed by atoms with Gasteiger partial charge in [0, 0.05) is 17.8 Å². The smallest absolute Gasteiger partial charge is 0.433 e. The maximum Gasteiger partial charge on any atom is 0.433 e. The molecule has 206 valence electrons. The molecule has 3 rings (SSSR count). The van der Waals surface area contributed by atoms with Gasteiger partial charge < -0.3 is 14.0 Å². The van der Waals surface area contributed by atoms with E-state index in [9.17, 15) is 18.0 Å². The number of hydrogen-bond acceptors (Lipinski definition) is 5. The van der Waals surface area contributed by atoms with E-state index in [4.69, 9.17) is 9.47 Å². The molecular formula is C28H34F3N3O3S. The highest BCUT2D eigenvalue weighted by Gasteiger charge is 2.34. The molecule has 6 nitrogen and oxygen atoms in total. The van der Waals surface area contributed by atoms with Crippen LogP contribution in [0.1, 0.15) is 57.2 Å². The molecule has 0 N–H and O–H groups in total. The highest BCUT2D eigenvalue weighted by atomic mass is 32.2. The molecule has 1 atom stereocenters. The third-order valence-corrected chi connectivity index (χ3v) is 8.01. The number of hydrogen-bond donors (Lipinski definition) is 0. The number of pyridine rings is 1. The fourth-order valence-electron chi connectivity index (χ4n) is 3.99. The molecule has 38 heavy (non-hydrogen) atoms. The lowest BCUT2D eigenvalue weighted by atomic mass is 10.1. The van der Waals surface area contributed by atoms with Gasteiger partial charge in [0.25, 0.3) is 5.56 Å². The van der Waals surface area contributed by atoms with Crippen LogP contribution in [0, 0.1) is 0 Å². The van der Waals surface area contributed by atoms with Crippen molar-refractivity contribution < 1.29 is 22.6 Å². The molecule has 0 radical (unpaired) electrons. The van der Waals surface area contributed by atoms with Gasteiger partial charge in [-0.1, -0.05) is 44.0 Å². The Morgan fingerprint density at radius 3 is 2.37 bits per heavy atom. The maximum atomic E-state index is 13.8. The van der Waals surface area contributed by atoms with Crippen LogP contribution in [0.25, 0.3) is 11.3 Å². The molecule has 10 heteroatoms. The number of ether oxygens (including phenoxy) is 2. The first-order valence-electron chi connectivity index (χ1n) is 12.6. The van der Waals surface area contributed by atoms with E-state index >= 15 is 0 Å². The summed E-state index contributed by atoms with van der Waals surface area (Å²) in [5.74, 6) is 1.78. The third-order valence-electron chi connectivity index (χ3n) is 6.06. The van der Waals surface area contributed by atoms with Crippen LogP contribution in [0.15, 0.2) is 52.5 Å². The van der Waals surface area contributed by atoms with Crippen LogP contribution in [0.3, 0.4) is 0 Å². The first-order valence-corrected chi connectivity index (χ1v) is 14.0. The molecule has 0 aliphatic heterocycles. The van der Waals surface area contributed by atoms with Crippen LogP contribution < -0.4 is 15.0 Å². The van der Waals surface area contributed by atoms with Crippen molar-refractivity contribution in [1.29, 1.82) is 0 Å². The zero-order valence-electron chi connectivity index (χ0n) is 22.2. The number of aromatic nitrogens is 3. The molecule has 3 aromatic rings. The lowest BCUT2D eigenvalue weighted by molar-refractivity contribution is -0.141. The zero-order valence-corrected chi connectivity index (χ0v) is 23.0. The summed E-state index contributed by atoms with van der Waals surface area (Å²) >= 11 is 0. The minimum absolute atomic E-state index is 0.133. The largest absolute Gasteiger partial charge is 0.493 e. The van der Waals surface area contributed by atoms with Gasteiger partial charge in [-0.25, -0.2) is 9.97 Å². The van der Waals surface area contributed by atoms with Crippen LogP contribution in [0.4, 0.5) is 13.2 Å². The van der Waals surface area contributed by atoms with Gasteiger partial charge >= 0.3 is 6.18 Å². The van der Waals surface area contributed by atoms with Crippen LogP contribution >= 0.6 is 10.5 Å². The van der Waals surface area contributed by atoms with Gasteiger partial charge in [0.05, 0.1) is 26.5 Å². The number of nitrogens with zero attached hydrogens (tertiary/aromatic N) is 3. The van der Waals surface area contributed by atoms with Crippen molar-refractivity contribution in [3.8, 4) is 22.8 Å². The average molecular weight is 550 g/mol. The Morgan fingerprint density at radius 2 is 1.71 bits per heavy atom. The molecule has 0 spiro atoms. The summed E-state index contributed by atoms with van der Waals surface area (Å²) in [5, 5.41) is 2.06. The second-order valence-electron chi connectivity index (χ2n) is 8.77. The molecule has 2 aromatic heterocycles. The van der Waals surface area contributed by atoms with Crippen molar-refractivity contribution >= 4 is 15.9 Å². The second kappa shape index (κ2) is 13.6. The minimum Gasteiger partial charge on any atom is -0.493 e. The number of halogens is 3. The number of rotatable bonds is 12. The van der Waals surface area contributed by atoms with Gasteiger partial charge in [-0.2, -0.15) is 13.2 Å². The molecule has 0 saturated carbocycles. The van der Waals surface area contributed by atoms with Crippen molar-refractivity contribution in [3.05, 3.63) is 64.2 Å². The van der Waals surface area contributed by atoms with Gasteiger partial charge in [-0.15, -0.1) is 10.5 Å². The molecule has 0 aliphatic rings. The second-order valence-corrected chi connectivity index (χ2v) is 10.9. The fourth-order valence-corrected chi connectivity index (χ4v) is 5.57. The first-order chi connectivity index (χ1) is 18.2. The van der Waals surface area contributed by atoms with E-state index in [1.165, 1.54) is 37.1 Å². The number of methoxy groups -OCH3 is 2. The van der Waals surface area contributed by atoms with E-state index in [0.29, 0.717) is 22.8 Å². The molecule has 0 bridgehead atoms. The van der Waals surface area contributed by atoms with Gasteiger partial charge in [-0.05, 0) is 48.9 Å². The standard InChI is InChI=1S/C28H34F3N3O3S/c1-5-7-8-9-10-15-38(6-2)27-32-22(17-25(33-27)28(29,30)31)21-12-14-26(35)34(19-21)18-20-11-13-23(36-3)24(16-20)37-4/h6,11-14,16-17,19H,5,7-10,15,18H2,1-4H3. The first kappa shape index (κ1) is 29.4. The van der Waals surface area contributed by atoms with Crippen LogP contribution in [0.2, 0.25) is 0 Å². The predicted molar refractivity (Wildman–Crippen MR) is 147 cm³/mol. The maximum absolute atomic E-state index is 13.8. The molecule has 2 heterocycles. The summed E-state index contributed by atoms with van der Waals surface area (Å²) in [6.07, 6.45) is 2.21. The van der Waals surface area contributed by atoms with Crippen LogP contribution in [-0.2, 0) is 12.7 Å². The lowest BCUT2D eigenvalue weighted by Crippen LogP contribution is -2.19. The normalized spacial score (nSPS) is 12.5. The Morgan fingerprint density at radius 1 is 0.974 bits per heavy atom. The van der Waals surface area contributed by atoms with Gasteiger partial charge in [0.2, 0.25) is 0 Å². The molecule has 1 unspecified atom stereocenters. The van der Waals surface area contributed by atoms with E-state index in [2.05, 4.69) is 16.9 Å². The van der Waals surface area contributed by atoms with Crippen LogP contribution in [0.5, 0.6) is 11.5 Å². The summed E-state index contributed by atoms with van der Waals surface area (Å²) in [6.45, 7) is 4.17. The van der Waals surface area contributed by atoms with Gasteiger partial charge in [0.1, 0.15) is 5.69 Å². The van der Waals surface area contributed by atoms with E-state index < -0.39 is 22.4 Å². The van der Waals surface area contributed by atoms with E-state index in [1.54, 1.807) is 18.2 Å². The van der Waals surface area contributed by atoms with E-state index in [1.807, 2.05) is 12.3 Å². The number of alkyl halides is 3. The Balaban J connectivity index is 1.97. The van der Waals surface area contributed by atoms with Crippen molar-refractivity contribution in [2.75, 3.05) is 20.0 Å². The fraction of sp³-hybridized carbons (Fsp3) is 0.429. The summed E-state index contributed by atoms with van der Waals surface area (Å²) in [4.78, 5) is 21.1. The number of unbranched alkanes of at least 4 members (excludes halogenated alkanes) is 4. The lowest BCUT2D eigenvalue weighted by Gasteiger charge is -2.15. The summed E-state index contributed by atoms with van der Waals surface area (Å²) in [5.41, 5.74) is 0.0325.